The number of carbonyl (C=O) groups excluding carboxylic acids is 1. The fourth-order valence-electron chi connectivity index (χ4n) is 7.39. The summed E-state index contributed by atoms with van der Waals surface area (Å²) in [5.41, 5.74) is -3.15. The molecule has 67 heavy (non-hydrogen) atoms. The van der Waals surface area contributed by atoms with Crippen molar-refractivity contribution >= 4 is 43.7 Å². The third kappa shape index (κ3) is 11.7. The molecular formula is C50H33BF12O3S. The number of hydrogen-bond acceptors (Lipinski definition) is 3. The lowest BCUT2D eigenvalue weighted by Crippen LogP contribution is -2.74. The third-order valence-electron chi connectivity index (χ3n) is 10.7. The zero-order valence-electron chi connectivity index (χ0n) is 34.3. The van der Waals surface area contributed by atoms with E-state index >= 15 is 0 Å². The summed E-state index contributed by atoms with van der Waals surface area (Å²) in [6.07, 6.45) is -22.0. The van der Waals surface area contributed by atoms with Crippen LogP contribution in [0.25, 0.3) is 0 Å². The number of rotatable bonds is 8. The van der Waals surface area contributed by atoms with Gasteiger partial charge in [0.1, 0.15) is 11.9 Å². The van der Waals surface area contributed by atoms with E-state index in [0.29, 0.717) is 59.0 Å². The van der Waals surface area contributed by atoms with Crippen molar-refractivity contribution in [2.75, 3.05) is 5.75 Å². The Morgan fingerprint density at radius 2 is 0.761 bits per heavy atom. The first kappa shape index (κ1) is 49.4. The summed E-state index contributed by atoms with van der Waals surface area (Å²) in [7, 11) is -2.90. The number of phenolic OH excluding ortho intramolecular Hbond substituents is 1. The van der Waals surface area contributed by atoms with Crippen molar-refractivity contribution in [2.24, 2.45) is 0 Å². The van der Waals surface area contributed by atoms with Crippen molar-refractivity contribution < 1.29 is 66.8 Å². The van der Waals surface area contributed by atoms with Crippen LogP contribution in [0.15, 0.2) is 187 Å². The monoisotopic (exact) mass is 952 g/mol. The van der Waals surface area contributed by atoms with Gasteiger partial charge in [0.25, 0.3) is 0 Å². The lowest BCUT2D eigenvalue weighted by molar-refractivity contribution is -0.138. The van der Waals surface area contributed by atoms with Crippen LogP contribution in [0.5, 0.6) is 5.75 Å². The molecule has 0 aromatic heterocycles. The molecule has 7 rings (SSSR count). The minimum atomic E-state index is -4.77. The molecule has 0 heterocycles. The van der Waals surface area contributed by atoms with Gasteiger partial charge in [0.2, 0.25) is 15.7 Å². The van der Waals surface area contributed by atoms with Gasteiger partial charge in [0.05, 0.1) is 22.3 Å². The molecule has 0 saturated carbocycles. The summed E-state index contributed by atoms with van der Waals surface area (Å²) in [6, 6.07) is 37.6. The number of Topliss-reactive ketones (excluding diaryl/α,β-unsaturated/α-hetero) is 1. The first-order chi connectivity index (χ1) is 31.4. The molecule has 0 saturated heterocycles. The zero-order valence-corrected chi connectivity index (χ0v) is 35.1. The second-order valence-corrected chi connectivity index (χ2v) is 17.4. The number of ketones is 1. The second kappa shape index (κ2) is 19.4. The quantitative estimate of drug-likeness (QED) is 0.0543. The van der Waals surface area contributed by atoms with Crippen LogP contribution >= 0.6 is 0 Å². The van der Waals surface area contributed by atoms with Gasteiger partial charge in [-0.2, -0.15) is 74.5 Å². The average molecular weight is 953 g/mol. The molecule has 0 aliphatic rings. The molecule has 1 N–H and O–H groups in total. The molecular weight excluding hydrogens is 919 g/mol. The SMILES string of the molecule is FC(F)(F)c1ccc([B-](c2ccc(C(F)(F)F)cc2)(c2ccc(C(F)(F)F)cc2)c2ccc(C(F)(F)F)cc2)cc1.O=C(C[S+](=O)(C#Cc1ccccc1)c1ccccc1)c1ccc(O)cc1. The summed E-state index contributed by atoms with van der Waals surface area (Å²) in [5.74, 6) is 2.53. The molecule has 344 valence electrons. The van der Waals surface area contributed by atoms with Crippen LogP contribution in [-0.4, -0.2) is 22.8 Å². The van der Waals surface area contributed by atoms with Gasteiger partial charge in [-0.3, -0.25) is 4.79 Å². The van der Waals surface area contributed by atoms with E-state index in [4.69, 9.17) is 0 Å². The maximum absolute atomic E-state index is 13.6. The Morgan fingerprint density at radius 3 is 1.07 bits per heavy atom. The highest BCUT2D eigenvalue weighted by Gasteiger charge is 2.39. The van der Waals surface area contributed by atoms with E-state index < -0.39 is 63.0 Å². The third-order valence-corrected chi connectivity index (χ3v) is 12.9. The smallest absolute Gasteiger partial charge is 0.416 e. The van der Waals surface area contributed by atoms with E-state index in [0.717, 1.165) is 54.1 Å². The van der Waals surface area contributed by atoms with Crippen molar-refractivity contribution in [2.45, 2.75) is 29.6 Å². The van der Waals surface area contributed by atoms with Crippen molar-refractivity contribution in [3.8, 4) is 16.9 Å². The summed E-state index contributed by atoms with van der Waals surface area (Å²) in [4.78, 5) is 13.2. The zero-order chi connectivity index (χ0) is 48.8. The number of alkyl halides is 12. The van der Waals surface area contributed by atoms with E-state index in [1.54, 1.807) is 24.3 Å². The molecule has 0 aliphatic carbocycles. The summed E-state index contributed by atoms with van der Waals surface area (Å²) < 4.78 is 174. The average Bonchev–Trinajstić information content (AvgIpc) is 3.29. The van der Waals surface area contributed by atoms with E-state index in [1.165, 1.54) is 24.3 Å². The maximum atomic E-state index is 13.6. The molecule has 7 aromatic carbocycles. The van der Waals surface area contributed by atoms with Crippen LogP contribution in [0.3, 0.4) is 0 Å². The van der Waals surface area contributed by atoms with Gasteiger partial charge in [0, 0.05) is 11.1 Å². The van der Waals surface area contributed by atoms with Crippen molar-refractivity contribution in [3.63, 3.8) is 0 Å². The Labute approximate surface area is 377 Å². The molecule has 17 heteroatoms. The van der Waals surface area contributed by atoms with E-state index in [2.05, 4.69) is 11.2 Å². The highest BCUT2D eigenvalue weighted by atomic mass is 32.2. The number of halogens is 12. The first-order valence-electron chi connectivity index (χ1n) is 19.7. The van der Waals surface area contributed by atoms with Crippen LogP contribution in [0.1, 0.15) is 38.2 Å². The Kier molecular flexibility index (Phi) is 14.3. The van der Waals surface area contributed by atoms with Crippen LogP contribution in [-0.2, 0) is 38.8 Å². The number of benzene rings is 7. The molecule has 0 amide bonds. The van der Waals surface area contributed by atoms with Gasteiger partial charge in [0.15, 0.2) is 15.9 Å². The fraction of sp³-hybridized carbons (Fsp3) is 0.100. The van der Waals surface area contributed by atoms with Gasteiger partial charge >= 0.3 is 24.7 Å². The van der Waals surface area contributed by atoms with Crippen LogP contribution < -0.4 is 21.9 Å². The molecule has 1 atom stereocenters. The van der Waals surface area contributed by atoms with E-state index in [-0.39, 0.29) is 39.1 Å². The van der Waals surface area contributed by atoms with Crippen LogP contribution in [0.4, 0.5) is 52.7 Å². The highest BCUT2D eigenvalue weighted by molar-refractivity contribution is 8.07. The minimum absolute atomic E-state index is 0.0114. The predicted molar refractivity (Wildman–Crippen MR) is 233 cm³/mol. The molecule has 3 nitrogen and oxygen atoms in total. The molecule has 0 radical (unpaired) electrons. The van der Waals surface area contributed by atoms with Gasteiger partial charge in [-0.05, 0) is 54.5 Å². The lowest BCUT2D eigenvalue weighted by atomic mass is 9.13. The van der Waals surface area contributed by atoms with Crippen molar-refractivity contribution in [1.82, 2.24) is 0 Å². The maximum Gasteiger partial charge on any atom is 0.416 e. The minimum Gasteiger partial charge on any atom is -0.508 e. The topological polar surface area (TPSA) is 54.4 Å². The molecule has 1 unspecified atom stereocenters. The summed E-state index contributed by atoms with van der Waals surface area (Å²) >= 11 is 0. The lowest BCUT2D eigenvalue weighted by Gasteiger charge is -2.44. The number of phenols is 1. The Hall–Kier alpha value is -7.06. The Morgan fingerprint density at radius 1 is 0.448 bits per heavy atom. The molecule has 0 bridgehead atoms. The van der Waals surface area contributed by atoms with Gasteiger partial charge in [-0.15, -0.1) is 0 Å². The first-order valence-corrected chi connectivity index (χ1v) is 21.5. The molecule has 0 aliphatic heterocycles. The van der Waals surface area contributed by atoms with Crippen molar-refractivity contribution in [1.29, 1.82) is 0 Å². The van der Waals surface area contributed by atoms with E-state index in [1.807, 2.05) is 36.4 Å². The number of aromatic hydroxyl groups is 1. The van der Waals surface area contributed by atoms with E-state index in [9.17, 15) is 66.8 Å². The van der Waals surface area contributed by atoms with Crippen LogP contribution in [0, 0.1) is 11.2 Å². The summed E-state index contributed by atoms with van der Waals surface area (Å²) in [5, 5.41) is 12.2. The Balaban J connectivity index is 0.000000244. The highest BCUT2D eigenvalue weighted by Crippen LogP contribution is 2.33. The number of hydrogen-bond donors (Lipinski definition) is 1. The number of carbonyl (C=O) groups is 1. The standard InChI is InChI=1S/C28H16BF12.C22H16O3S/c30-25(31,32)17-1-9-21(10-2-17)29(22-11-3-18(4-12-22)26(33,34)35,23-13-5-19(6-14-23)27(36,37)38)24-15-7-20(8-16-24)28(39,40)41;23-20-13-11-19(12-14-20)22(24)17-26(25,21-9-5-2-6-10-21)16-15-18-7-3-1-4-8-18/h1-16H;1-14H,17H2/q-1;/p+1. The van der Waals surface area contributed by atoms with Crippen LogP contribution in [0.2, 0.25) is 0 Å². The van der Waals surface area contributed by atoms with Gasteiger partial charge in [-0.1, -0.05) is 138 Å². The predicted octanol–water partition coefficient (Wildman–Crippen LogP) is 11.3. The molecule has 0 fully saturated rings. The Bertz CT molecular complexity index is 2650. The summed E-state index contributed by atoms with van der Waals surface area (Å²) in [6.45, 7) is 0. The van der Waals surface area contributed by atoms with Gasteiger partial charge in [-0.25, -0.2) is 0 Å². The largest absolute Gasteiger partial charge is 0.508 e. The molecule has 0 spiro atoms. The molecule has 7 aromatic rings. The van der Waals surface area contributed by atoms with Crippen molar-refractivity contribution in [3.05, 3.63) is 215 Å². The normalized spacial score (nSPS) is 13.0. The van der Waals surface area contributed by atoms with Gasteiger partial charge < -0.3 is 5.11 Å². The second-order valence-electron chi connectivity index (χ2n) is 15.0. The fourth-order valence-corrected chi connectivity index (χ4v) is 9.17.